The third-order valence-electron chi connectivity index (χ3n) is 4.05. The zero-order valence-electron chi connectivity index (χ0n) is 14.3. The van der Waals surface area contributed by atoms with Crippen molar-refractivity contribution in [2.75, 3.05) is 14.2 Å². The molecule has 0 aliphatic heterocycles. The quantitative estimate of drug-likeness (QED) is 0.329. The molecule has 0 heterocycles. The number of methoxy groups -OCH3 is 2. The van der Waals surface area contributed by atoms with Crippen LogP contribution in [0.3, 0.4) is 0 Å². The maximum absolute atomic E-state index is 11.7. The first-order chi connectivity index (χ1) is 9.97. The molecular formula is C17H32O4. The van der Waals surface area contributed by atoms with Crippen LogP contribution in [-0.2, 0) is 19.1 Å². The highest BCUT2D eigenvalue weighted by molar-refractivity contribution is 5.95. The molecule has 21 heavy (non-hydrogen) atoms. The van der Waals surface area contributed by atoms with Crippen LogP contribution in [0.5, 0.6) is 0 Å². The molecule has 0 spiro atoms. The van der Waals surface area contributed by atoms with E-state index in [9.17, 15) is 9.59 Å². The van der Waals surface area contributed by atoms with E-state index in [2.05, 4.69) is 13.8 Å². The second kappa shape index (κ2) is 11.6. The van der Waals surface area contributed by atoms with Crippen molar-refractivity contribution in [3.63, 3.8) is 0 Å². The number of ether oxygens (including phenoxy) is 2. The highest BCUT2D eigenvalue weighted by atomic mass is 16.5. The van der Waals surface area contributed by atoms with E-state index in [1.165, 1.54) is 46.3 Å². The van der Waals surface area contributed by atoms with E-state index in [1.54, 1.807) is 0 Å². The molecule has 0 radical (unpaired) electrons. The molecule has 4 heteroatoms. The third-order valence-corrected chi connectivity index (χ3v) is 4.05. The first kappa shape index (κ1) is 19.9. The van der Waals surface area contributed by atoms with Crippen molar-refractivity contribution < 1.29 is 19.1 Å². The van der Waals surface area contributed by atoms with Gasteiger partial charge in [-0.3, -0.25) is 9.59 Å². The number of carbonyl (C=O) groups excluding carboxylic acids is 2. The summed E-state index contributed by atoms with van der Waals surface area (Å²) in [6.07, 6.45) is 8.32. The third kappa shape index (κ3) is 8.08. The predicted molar refractivity (Wildman–Crippen MR) is 83.8 cm³/mol. The molecule has 0 bridgehead atoms. The van der Waals surface area contributed by atoms with E-state index in [-0.39, 0.29) is 5.92 Å². The summed E-state index contributed by atoms with van der Waals surface area (Å²) in [6, 6.07) is 0. The minimum absolute atomic E-state index is 0.0597. The van der Waals surface area contributed by atoms with Crippen molar-refractivity contribution in [1.29, 1.82) is 0 Å². The minimum atomic E-state index is -0.803. The molecule has 0 rings (SSSR count). The van der Waals surface area contributed by atoms with Crippen LogP contribution in [0, 0.1) is 17.8 Å². The maximum Gasteiger partial charge on any atom is 0.320 e. The van der Waals surface area contributed by atoms with E-state index in [4.69, 9.17) is 9.47 Å². The van der Waals surface area contributed by atoms with Gasteiger partial charge in [0.05, 0.1) is 14.2 Å². The summed E-state index contributed by atoms with van der Waals surface area (Å²) in [7, 11) is 2.62. The summed E-state index contributed by atoms with van der Waals surface area (Å²) in [4.78, 5) is 23.5. The molecule has 0 saturated carbocycles. The number of carbonyl (C=O) groups is 2. The largest absolute Gasteiger partial charge is 0.468 e. The Kier molecular flexibility index (Phi) is 11.0. The van der Waals surface area contributed by atoms with E-state index in [1.807, 2.05) is 6.92 Å². The molecule has 4 nitrogen and oxygen atoms in total. The molecule has 0 saturated heterocycles. The van der Waals surface area contributed by atoms with Gasteiger partial charge >= 0.3 is 11.9 Å². The van der Waals surface area contributed by atoms with Crippen molar-refractivity contribution in [2.45, 2.75) is 65.7 Å². The van der Waals surface area contributed by atoms with Gasteiger partial charge in [-0.2, -0.15) is 0 Å². The lowest BCUT2D eigenvalue weighted by Crippen LogP contribution is -2.33. The summed E-state index contributed by atoms with van der Waals surface area (Å²) in [5.74, 6) is -1.36. The number of hydrogen-bond donors (Lipinski definition) is 0. The average molecular weight is 300 g/mol. The lowest BCUT2D eigenvalue weighted by Gasteiger charge is -2.22. The summed E-state index contributed by atoms with van der Waals surface area (Å²) in [5, 5.41) is 0. The van der Waals surface area contributed by atoms with Crippen molar-refractivity contribution in [3.8, 4) is 0 Å². The summed E-state index contributed by atoms with van der Waals surface area (Å²) in [5.41, 5.74) is 0. The summed E-state index contributed by atoms with van der Waals surface area (Å²) < 4.78 is 9.45. The first-order valence-corrected chi connectivity index (χ1v) is 8.13. The van der Waals surface area contributed by atoms with Gasteiger partial charge in [-0.25, -0.2) is 0 Å². The van der Waals surface area contributed by atoms with Gasteiger partial charge in [0, 0.05) is 0 Å². The molecule has 0 fully saturated rings. The van der Waals surface area contributed by atoms with Crippen LogP contribution < -0.4 is 0 Å². The van der Waals surface area contributed by atoms with Gasteiger partial charge in [-0.15, -0.1) is 0 Å². The Balaban J connectivity index is 4.24. The van der Waals surface area contributed by atoms with Gasteiger partial charge < -0.3 is 9.47 Å². The standard InChI is InChI=1S/C17H32O4/c1-6-7-8-9-10-11-13(2)12-14(3)15(16(18)20-4)17(19)21-5/h13-15H,6-12H2,1-5H3. The number of unbranched alkanes of at least 4 members (excludes halogenated alkanes) is 4. The predicted octanol–water partition coefficient (Wildman–Crippen LogP) is 3.97. The Morgan fingerprint density at radius 1 is 0.905 bits per heavy atom. The van der Waals surface area contributed by atoms with E-state index in [0.29, 0.717) is 5.92 Å². The molecule has 124 valence electrons. The second-order valence-electron chi connectivity index (χ2n) is 6.05. The molecule has 0 aliphatic carbocycles. The van der Waals surface area contributed by atoms with Gasteiger partial charge in [0.2, 0.25) is 0 Å². The first-order valence-electron chi connectivity index (χ1n) is 8.13. The van der Waals surface area contributed by atoms with Gasteiger partial charge in [0.15, 0.2) is 5.92 Å². The van der Waals surface area contributed by atoms with Crippen molar-refractivity contribution in [2.24, 2.45) is 17.8 Å². The second-order valence-corrected chi connectivity index (χ2v) is 6.05. The van der Waals surface area contributed by atoms with Crippen molar-refractivity contribution in [1.82, 2.24) is 0 Å². The van der Waals surface area contributed by atoms with Crippen molar-refractivity contribution in [3.05, 3.63) is 0 Å². The van der Waals surface area contributed by atoms with Crippen LogP contribution in [0.25, 0.3) is 0 Å². The van der Waals surface area contributed by atoms with E-state index >= 15 is 0 Å². The average Bonchev–Trinajstić information content (AvgIpc) is 2.46. The van der Waals surface area contributed by atoms with E-state index in [0.717, 1.165) is 12.8 Å². The molecule has 0 N–H and O–H groups in total. The van der Waals surface area contributed by atoms with Gasteiger partial charge in [-0.1, -0.05) is 59.3 Å². The van der Waals surface area contributed by atoms with Crippen LogP contribution in [-0.4, -0.2) is 26.2 Å². The van der Waals surface area contributed by atoms with Crippen LogP contribution in [0.2, 0.25) is 0 Å². The zero-order valence-corrected chi connectivity index (χ0v) is 14.3. The normalized spacial score (nSPS) is 13.8. The van der Waals surface area contributed by atoms with Crippen molar-refractivity contribution >= 4 is 11.9 Å². The van der Waals surface area contributed by atoms with Crippen LogP contribution in [0.15, 0.2) is 0 Å². The SMILES string of the molecule is CCCCCCCC(C)CC(C)C(C(=O)OC)C(=O)OC. The fraction of sp³-hybridized carbons (Fsp3) is 0.882. The number of esters is 2. The highest BCUT2D eigenvalue weighted by Gasteiger charge is 2.34. The number of rotatable bonds is 11. The van der Waals surface area contributed by atoms with Gasteiger partial charge in [0.25, 0.3) is 0 Å². The smallest absolute Gasteiger partial charge is 0.320 e. The molecule has 0 aromatic heterocycles. The molecular weight excluding hydrogens is 268 g/mol. The lowest BCUT2D eigenvalue weighted by atomic mass is 9.84. The van der Waals surface area contributed by atoms with Gasteiger partial charge in [0.1, 0.15) is 0 Å². The van der Waals surface area contributed by atoms with Gasteiger partial charge in [-0.05, 0) is 18.3 Å². The fourth-order valence-corrected chi connectivity index (χ4v) is 2.80. The monoisotopic (exact) mass is 300 g/mol. The van der Waals surface area contributed by atoms with Crippen LogP contribution in [0.4, 0.5) is 0 Å². The Labute approximate surface area is 129 Å². The lowest BCUT2D eigenvalue weighted by molar-refractivity contribution is -0.161. The number of hydrogen-bond acceptors (Lipinski definition) is 4. The Morgan fingerprint density at radius 2 is 1.43 bits per heavy atom. The molecule has 0 aromatic carbocycles. The van der Waals surface area contributed by atoms with E-state index < -0.39 is 17.9 Å². The summed E-state index contributed by atoms with van der Waals surface area (Å²) >= 11 is 0. The minimum Gasteiger partial charge on any atom is -0.468 e. The van der Waals surface area contributed by atoms with Crippen LogP contribution >= 0.6 is 0 Å². The fourth-order valence-electron chi connectivity index (χ4n) is 2.80. The Bertz CT molecular complexity index is 285. The molecule has 0 aliphatic rings. The highest BCUT2D eigenvalue weighted by Crippen LogP contribution is 2.25. The summed E-state index contributed by atoms with van der Waals surface area (Å²) in [6.45, 7) is 6.32. The molecule has 2 unspecified atom stereocenters. The molecule has 0 aromatic rings. The molecule has 0 amide bonds. The Morgan fingerprint density at radius 3 is 1.90 bits per heavy atom. The van der Waals surface area contributed by atoms with Crippen LogP contribution in [0.1, 0.15) is 65.7 Å². The molecule has 2 atom stereocenters. The topological polar surface area (TPSA) is 52.6 Å². The maximum atomic E-state index is 11.7. The Hall–Kier alpha value is -1.06. The zero-order chi connectivity index (χ0) is 16.3.